The van der Waals surface area contributed by atoms with E-state index in [1.54, 1.807) is 24.3 Å². The van der Waals surface area contributed by atoms with E-state index in [4.69, 9.17) is 11.6 Å². The zero-order chi connectivity index (χ0) is 19.6. The summed E-state index contributed by atoms with van der Waals surface area (Å²) >= 11 is 6.29. The molecule has 0 unspecified atom stereocenters. The lowest BCUT2D eigenvalue weighted by Gasteiger charge is -2.30. The van der Waals surface area contributed by atoms with Gasteiger partial charge in [0.1, 0.15) is 0 Å². The molecule has 0 atom stereocenters. The van der Waals surface area contributed by atoms with Crippen molar-refractivity contribution in [1.82, 2.24) is 4.90 Å². The second kappa shape index (κ2) is 8.13. The number of amides is 2. The van der Waals surface area contributed by atoms with Crippen LogP contribution in [0.1, 0.15) is 51.6 Å². The van der Waals surface area contributed by atoms with E-state index < -0.39 is 0 Å². The molecule has 0 radical (unpaired) electrons. The van der Waals surface area contributed by atoms with Gasteiger partial charge >= 0.3 is 0 Å². The predicted molar refractivity (Wildman–Crippen MR) is 110 cm³/mol. The molecule has 4 nitrogen and oxygen atoms in total. The average Bonchev–Trinajstić information content (AvgIpc) is 2.64. The summed E-state index contributed by atoms with van der Waals surface area (Å²) in [6, 6.07) is 10.7. The van der Waals surface area contributed by atoms with E-state index in [9.17, 15) is 9.59 Å². The van der Waals surface area contributed by atoms with Crippen LogP contribution in [0.25, 0.3) is 0 Å². The lowest BCUT2D eigenvalue weighted by atomic mass is 9.98. The molecule has 1 N–H and O–H groups in total. The fourth-order valence-corrected chi connectivity index (χ4v) is 3.82. The zero-order valence-corrected chi connectivity index (χ0v) is 16.8. The summed E-state index contributed by atoms with van der Waals surface area (Å²) in [6.07, 6.45) is 2.05. The molecular formula is C22H25ClN2O2. The van der Waals surface area contributed by atoms with Crippen molar-refractivity contribution in [2.45, 2.75) is 33.6 Å². The van der Waals surface area contributed by atoms with Crippen LogP contribution >= 0.6 is 11.6 Å². The number of anilines is 1. The molecule has 1 aliphatic heterocycles. The molecule has 2 amide bonds. The number of carbonyl (C=O) groups is 2. The summed E-state index contributed by atoms with van der Waals surface area (Å²) in [6.45, 7) is 7.63. The first-order valence-corrected chi connectivity index (χ1v) is 9.70. The summed E-state index contributed by atoms with van der Waals surface area (Å²) in [5, 5.41) is 3.39. The van der Waals surface area contributed by atoms with Crippen molar-refractivity contribution in [3.05, 3.63) is 63.7 Å². The first kappa shape index (κ1) is 19.4. The Bertz CT molecular complexity index is 847. The number of rotatable bonds is 3. The molecule has 0 bridgehead atoms. The molecule has 1 heterocycles. The fraction of sp³-hybridized carbons (Fsp3) is 0.364. The monoisotopic (exact) mass is 384 g/mol. The van der Waals surface area contributed by atoms with E-state index in [1.807, 2.05) is 30.9 Å². The topological polar surface area (TPSA) is 49.4 Å². The van der Waals surface area contributed by atoms with Gasteiger partial charge in [-0.05, 0) is 68.0 Å². The quantitative estimate of drug-likeness (QED) is 0.802. The van der Waals surface area contributed by atoms with Gasteiger partial charge in [0.2, 0.25) is 0 Å². The predicted octanol–water partition coefficient (Wildman–Crippen LogP) is 5.08. The second-order valence-corrected chi connectivity index (χ2v) is 7.86. The second-order valence-electron chi connectivity index (χ2n) is 7.45. The maximum atomic E-state index is 12.8. The molecule has 1 saturated heterocycles. The lowest BCUT2D eigenvalue weighted by molar-refractivity contribution is 0.0697. The molecule has 2 aromatic carbocycles. The molecule has 142 valence electrons. The van der Waals surface area contributed by atoms with Gasteiger partial charge in [0.15, 0.2) is 0 Å². The normalized spacial score (nSPS) is 14.9. The van der Waals surface area contributed by atoms with Crippen molar-refractivity contribution in [2.75, 3.05) is 18.4 Å². The Morgan fingerprint density at radius 2 is 1.74 bits per heavy atom. The largest absolute Gasteiger partial charge is 0.339 e. The standard InChI is InChI=1S/C22H25ClN2O2/c1-14-7-9-25(10-8-14)22(27)18-6-4-5-17(13-18)21(26)24-20-16(3)11-15(2)12-19(20)23/h4-6,11-14H,7-10H2,1-3H3,(H,24,26). The molecule has 1 aliphatic rings. The molecule has 0 aromatic heterocycles. The van der Waals surface area contributed by atoms with Gasteiger partial charge in [0.25, 0.3) is 11.8 Å². The summed E-state index contributed by atoms with van der Waals surface area (Å²) in [5.74, 6) is 0.375. The van der Waals surface area contributed by atoms with E-state index in [0.29, 0.717) is 27.8 Å². The van der Waals surface area contributed by atoms with Crippen LogP contribution in [0.2, 0.25) is 5.02 Å². The number of carbonyl (C=O) groups excluding carboxylic acids is 2. The minimum atomic E-state index is -0.272. The van der Waals surface area contributed by atoms with Crippen molar-refractivity contribution >= 4 is 29.1 Å². The van der Waals surface area contributed by atoms with Gasteiger partial charge in [0.05, 0.1) is 10.7 Å². The van der Waals surface area contributed by atoms with E-state index in [0.717, 1.165) is 37.1 Å². The Balaban J connectivity index is 1.77. The fourth-order valence-electron chi connectivity index (χ4n) is 3.45. The van der Waals surface area contributed by atoms with E-state index in [-0.39, 0.29) is 11.8 Å². The number of benzene rings is 2. The minimum Gasteiger partial charge on any atom is -0.339 e. The van der Waals surface area contributed by atoms with Crippen LogP contribution in [0.15, 0.2) is 36.4 Å². The minimum absolute atomic E-state index is 0.0129. The molecule has 0 spiro atoms. The van der Waals surface area contributed by atoms with Crippen molar-refractivity contribution in [1.29, 1.82) is 0 Å². The van der Waals surface area contributed by atoms with Crippen LogP contribution in [0.4, 0.5) is 5.69 Å². The van der Waals surface area contributed by atoms with Crippen LogP contribution in [0.3, 0.4) is 0 Å². The number of hydrogen-bond donors (Lipinski definition) is 1. The van der Waals surface area contributed by atoms with Crippen molar-refractivity contribution in [3.63, 3.8) is 0 Å². The Kier molecular flexibility index (Phi) is 5.85. The molecule has 1 fully saturated rings. The van der Waals surface area contributed by atoms with E-state index in [2.05, 4.69) is 12.2 Å². The first-order chi connectivity index (χ1) is 12.8. The number of likely N-dealkylation sites (tertiary alicyclic amines) is 1. The van der Waals surface area contributed by atoms with Crippen LogP contribution < -0.4 is 5.32 Å². The number of piperidine rings is 1. The van der Waals surface area contributed by atoms with Gasteiger partial charge < -0.3 is 10.2 Å². The van der Waals surface area contributed by atoms with Crippen LogP contribution in [0.5, 0.6) is 0 Å². The van der Waals surface area contributed by atoms with Gasteiger partial charge in [-0.2, -0.15) is 0 Å². The third-order valence-electron chi connectivity index (χ3n) is 5.11. The number of nitrogens with one attached hydrogen (secondary N) is 1. The van der Waals surface area contributed by atoms with Crippen LogP contribution in [-0.4, -0.2) is 29.8 Å². The zero-order valence-electron chi connectivity index (χ0n) is 16.0. The highest BCUT2D eigenvalue weighted by Crippen LogP contribution is 2.28. The molecule has 2 aromatic rings. The smallest absolute Gasteiger partial charge is 0.255 e. The molecule has 27 heavy (non-hydrogen) atoms. The van der Waals surface area contributed by atoms with Gasteiger partial charge in [0, 0.05) is 24.2 Å². The van der Waals surface area contributed by atoms with Gasteiger partial charge in [-0.1, -0.05) is 30.7 Å². The molecule has 0 saturated carbocycles. The number of hydrogen-bond acceptors (Lipinski definition) is 2. The number of nitrogens with zero attached hydrogens (tertiary/aromatic N) is 1. The molecule has 3 rings (SSSR count). The molecular weight excluding hydrogens is 360 g/mol. The lowest BCUT2D eigenvalue weighted by Crippen LogP contribution is -2.38. The van der Waals surface area contributed by atoms with Crippen molar-refractivity contribution in [3.8, 4) is 0 Å². The van der Waals surface area contributed by atoms with Crippen LogP contribution in [0, 0.1) is 19.8 Å². The van der Waals surface area contributed by atoms with Gasteiger partial charge in [-0.25, -0.2) is 0 Å². The highest BCUT2D eigenvalue weighted by atomic mass is 35.5. The van der Waals surface area contributed by atoms with E-state index >= 15 is 0 Å². The third-order valence-corrected chi connectivity index (χ3v) is 5.41. The average molecular weight is 385 g/mol. The third kappa shape index (κ3) is 4.51. The Hall–Kier alpha value is -2.33. The Labute approximate surface area is 165 Å². The van der Waals surface area contributed by atoms with Crippen LogP contribution in [-0.2, 0) is 0 Å². The van der Waals surface area contributed by atoms with Gasteiger partial charge in [-0.15, -0.1) is 0 Å². The van der Waals surface area contributed by atoms with Crippen molar-refractivity contribution in [2.24, 2.45) is 5.92 Å². The first-order valence-electron chi connectivity index (χ1n) is 9.32. The summed E-state index contributed by atoms with van der Waals surface area (Å²) in [4.78, 5) is 27.3. The summed E-state index contributed by atoms with van der Waals surface area (Å²) in [7, 11) is 0. The number of halogens is 1. The highest BCUT2D eigenvalue weighted by molar-refractivity contribution is 6.34. The maximum absolute atomic E-state index is 12.8. The van der Waals surface area contributed by atoms with Gasteiger partial charge in [-0.3, -0.25) is 9.59 Å². The SMILES string of the molecule is Cc1cc(C)c(NC(=O)c2cccc(C(=O)N3CCC(C)CC3)c2)c(Cl)c1. The highest BCUT2D eigenvalue weighted by Gasteiger charge is 2.22. The molecule has 0 aliphatic carbocycles. The Morgan fingerprint density at radius 1 is 1.07 bits per heavy atom. The summed E-state index contributed by atoms with van der Waals surface area (Å²) in [5.41, 5.74) is 3.54. The van der Waals surface area contributed by atoms with Crippen molar-refractivity contribution < 1.29 is 9.59 Å². The Morgan fingerprint density at radius 3 is 2.41 bits per heavy atom. The summed E-state index contributed by atoms with van der Waals surface area (Å²) < 4.78 is 0. The maximum Gasteiger partial charge on any atom is 0.255 e. The number of aryl methyl sites for hydroxylation is 2. The molecule has 5 heteroatoms. The van der Waals surface area contributed by atoms with E-state index in [1.165, 1.54) is 0 Å².